The molecule has 1 saturated heterocycles. The molecule has 0 radical (unpaired) electrons. The van der Waals surface area contributed by atoms with Crippen molar-refractivity contribution >= 4 is 11.9 Å². The third-order valence-corrected chi connectivity index (χ3v) is 3.55. The molecular weight excluding hydrogens is 244 g/mol. The van der Waals surface area contributed by atoms with E-state index >= 15 is 0 Å². The van der Waals surface area contributed by atoms with E-state index in [1.807, 2.05) is 13.8 Å². The van der Waals surface area contributed by atoms with Crippen molar-refractivity contribution < 1.29 is 14.7 Å². The van der Waals surface area contributed by atoms with Crippen LogP contribution < -0.4 is 0 Å². The molecule has 5 nitrogen and oxygen atoms in total. The summed E-state index contributed by atoms with van der Waals surface area (Å²) in [6, 6.07) is 2.61. The van der Waals surface area contributed by atoms with Crippen LogP contribution in [0.1, 0.15) is 35.8 Å². The van der Waals surface area contributed by atoms with E-state index in [2.05, 4.69) is 4.98 Å². The maximum atomic E-state index is 12.4. The highest BCUT2D eigenvalue weighted by atomic mass is 16.4. The lowest BCUT2D eigenvalue weighted by Crippen LogP contribution is -2.49. The minimum absolute atomic E-state index is 0.218. The van der Waals surface area contributed by atoms with Gasteiger partial charge in [-0.3, -0.25) is 9.78 Å². The molecule has 0 spiro atoms. The number of likely N-dealkylation sites (tertiary alicyclic amines) is 1. The third kappa shape index (κ3) is 2.92. The van der Waals surface area contributed by atoms with Crippen molar-refractivity contribution in [3.8, 4) is 0 Å². The average molecular weight is 262 g/mol. The molecule has 2 heterocycles. The molecular formula is C14H18N2O3. The first-order valence-corrected chi connectivity index (χ1v) is 6.45. The lowest BCUT2D eigenvalue weighted by atomic mass is 9.92. The van der Waals surface area contributed by atoms with Gasteiger partial charge in [0.1, 0.15) is 6.04 Å². The number of piperidine rings is 1. The van der Waals surface area contributed by atoms with Crippen LogP contribution in [0.2, 0.25) is 0 Å². The van der Waals surface area contributed by atoms with Gasteiger partial charge in [-0.1, -0.05) is 6.92 Å². The van der Waals surface area contributed by atoms with Crippen LogP contribution in [0.15, 0.2) is 18.3 Å². The van der Waals surface area contributed by atoms with E-state index in [-0.39, 0.29) is 5.91 Å². The summed E-state index contributed by atoms with van der Waals surface area (Å²) in [5, 5.41) is 9.27. The smallest absolute Gasteiger partial charge is 0.326 e. The maximum absolute atomic E-state index is 12.4. The number of aryl methyl sites for hydroxylation is 1. The summed E-state index contributed by atoms with van der Waals surface area (Å²) in [5.74, 6) is -0.806. The van der Waals surface area contributed by atoms with Gasteiger partial charge in [0.2, 0.25) is 0 Å². The molecule has 1 aromatic rings. The fourth-order valence-electron chi connectivity index (χ4n) is 2.46. The predicted octanol–water partition coefficient (Wildman–Crippen LogP) is 1.72. The molecule has 1 fully saturated rings. The molecule has 2 unspecified atom stereocenters. The second-order valence-corrected chi connectivity index (χ2v) is 5.17. The number of aliphatic carboxylic acids is 1. The standard InChI is InChI=1S/C14H18N2O3/c1-9-4-6-16(12(7-9)14(18)19)13(17)11-3-5-15-10(2)8-11/h3,5,8-9,12H,4,6-7H2,1-2H3,(H,18,19). The van der Waals surface area contributed by atoms with Crippen molar-refractivity contribution in [3.05, 3.63) is 29.6 Å². The summed E-state index contributed by atoms with van der Waals surface area (Å²) < 4.78 is 0. The number of carbonyl (C=O) groups is 2. The zero-order valence-electron chi connectivity index (χ0n) is 11.2. The quantitative estimate of drug-likeness (QED) is 0.881. The van der Waals surface area contributed by atoms with Crippen molar-refractivity contribution in [2.45, 2.75) is 32.7 Å². The second-order valence-electron chi connectivity index (χ2n) is 5.17. The molecule has 2 rings (SSSR count). The minimum atomic E-state index is -0.925. The van der Waals surface area contributed by atoms with Gasteiger partial charge in [-0.2, -0.15) is 0 Å². The minimum Gasteiger partial charge on any atom is -0.480 e. The van der Waals surface area contributed by atoms with E-state index < -0.39 is 12.0 Å². The molecule has 5 heteroatoms. The first-order valence-electron chi connectivity index (χ1n) is 6.45. The molecule has 0 aromatic carbocycles. The van der Waals surface area contributed by atoms with Crippen molar-refractivity contribution in [3.63, 3.8) is 0 Å². The van der Waals surface area contributed by atoms with Gasteiger partial charge >= 0.3 is 5.97 Å². The Labute approximate surface area is 112 Å². The molecule has 1 aliphatic heterocycles. The number of nitrogens with zero attached hydrogens (tertiary/aromatic N) is 2. The summed E-state index contributed by atoms with van der Waals surface area (Å²) in [5.41, 5.74) is 1.26. The van der Waals surface area contributed by atoms with Gasteiger partial charge in [-0.15, -0.1) is 0 Å². The fraction of sp³-hybridized carbons (Fsp3) is 0.500. The highest BCUT2D eigenvalue weighted by Crippen LogP contribution is 2.24. The number of amides is 1. The van der Waals surface area contributed by atoms with Crippen LogP contribution in [-0.4, -0.2) is 39.5 Å². The van der Waals surface area contributed by atoms with Crippen molar-refractivity contribution in [2.24, 2.45) is 5.92 Å². The number of hydrogen-bond acceptors (Lipinski definition) is 3. The van der Waals surface area contributed by atoms with Gasteiger partial charge in [0.05, 0.1) is 0 Å². The zero-order valence-corrected chi connectivity index (χ0v) is 11.2. The van der Waals surface area contributed by atoms with Crippen LogP contribution in [0.5, 0.6) is 0 Å². The van der Waals surface area contributed by atoms with Crippen LogP contribution >= 0.6 is 0 Å². The SMILES string of the molecule is Cc1cc(C(=O)N2CCC(C)CC2C(=O)O)ccn1. The first-order chi connectivity index (χ1) is 8.99. The Kier molecular flexibility index (Phi) is 3.83. The van der Waals surface area contributed by atoms with Gasteiger partial charge in [-0.25, -0.2) is 4.79 Å². The molecule has 1 aliphatic rings. The van der Waals surface area contributed by atoms with E-state index in [0.717, 1.165) is 12.1 Å². The molecule has 0 aliphatic carbocycles. The summed E-state index contributed by atoms with van der Waals surface area (Å²) in [7, 11) is 0. The van der Waals surface area contributed by atoms with Crippen molar-refractivity contribution in [1.82, 2.24) is 9.88 Å². The number of carboxylic acids is 1. The van der Waals surface area contributed by atoms with Gasteiger partial charge in [-0.05, 0) is 37.8 Å². The van der Waals surface area contributed by atoms with Crippen LogP contribution in [-0.2, 0) is 4.79 Å². The van der Waals surface area contributed by atoms with Crippen LogP contribution in [0.4, 0.5) is 0 Å². The number of hydrogen-bond donors (Lipinski definition) is 1. The molecule has 0 bridgehead atoms. The Morgan fingerprint density at radius 1 is 1.47 bits per heavy atom. The molecule has 19 heavy (non-hydrogen) atoms. The Morgan fingerprint density at radius 2 is 2.21 bits per heavy atom. The van der Waals surface area contributed by atoms with Crippen LogP contribution in [0, 0.1) is 12.8 Å². The lowest BCUT2D eigenvalue weighted by molar-refractivity contribution is -0.144. The van der Waals surface area contributed by atoms with Gasteiger partial charge in [0.25, 0.3) is 5.91 Å². The number of carboxylic acid groups (broad SMARTS) is 1. The number of carbonyl (C=O) groups excluding carboxylic acids is 1. The largest absolute Gasteiger partial charge is 0.480 e. The Bertz CT molecular complexity index is 501. The van der Waals surface area contributed by atoms with Crippen LogP contribution in [0.25, 0.3) is 0 Å². The fourth-order valence-corrected chi connectivity index (χ4v) is 2.46. The first kappa shape index (κ1) is 13.5. The van der Waals surface area contributed by atoms with E-state index in [9.17, 15) is 14.7 Å². The molecule has 1 amide bonds. The summed E-state index contributed by atoms with van der Waals surface area (Å²) in [6.07, 6.45) is 2.94. The molecule has 2 atom stereocenters. The highest BCUT2D eigenvalue weighted by molar-refractivity contribution is 5.96. The molecule has 1 aromatic heterocycles. The Hall–Kier alpha value is -1.91. The van der Waals surface area contributed by atoms with Crippen LogP contribution in [0.3, 0.4) is 0 Å². The lowest BCUT2D eigenvalue weighted by Gasteiger charge is -2.36. The number of aromatic nitrogens is 1. The highest BCUT2D eigenvalue weighted by Gasteiger charge is 2.35. The normalized spacial score (nSPS) is 23.2. The van der Waals surface area contributed by atoms with Crippen molar-refractivity contribution in [2.75, 3.05) is 6.54 Å². The van der Waals surface area contributed by atoms with E-state index in [0.29, 0.717) is 24.4 Å². The van der Waals surface area contributed by atoms with Crippen molar-refractivity contribution in [1.29, 1.82) is 0 Å². The third-order valence-electron chi connectivity index (χ3n) is 3.55. The average Bonchev–Trinajstić information content (AvgIpc) is 2.37. The summed E-state index contributed by atoms with van der Waals surface area (Å²) in [4.78, 5) is 29.2. The van der Waals surface area contributed by atoms with Gasteiger partial charge in [0, 0.05) is 24.0 Å². The van der Waals surface area contributed by atoms with E-state index in [1.165, 1.54) is 4.90 Å². The summed E-state index contributed by atoms with van der Waals surface area (Å²) in [6.45, 7) is 4.33. The Morgan fingerprint density at radius 3 is 2.84 bits per heavy atom. The van der Waals surface area contributed by atoms with E-state index in [1.54, 1.807) is 18.3 Å². The number of rotatable bonds is 2. The molecule has 1 N–H and O–H groups in total. The predicted molar refractivity (Wildman–Crippen MR) is 69.8 cm³/mol. The molecule has 0 saturated carbocycles. The Balaban J connectivity index is 2.24. The number of pyridine rings is 1. The second kappa shape index (κ2) is 5.38. The maximum Gasteiger partial charge on any atom is 0.326 e. The van der Waals surface area contributed by atoms with Gasteiger partial charge < -0.3 is 10.0 Å². The monoisotopic (exact) mass is 262 g/mol. The zero-order chi connectivity index (χ0) is 14.0. The van der Waals surface area contributed by atoms with Gasteiger partial charge in [0.15, 0.2) is 0 Å². The van der Waals surface area contributed by atoms with E-state index in [4.69, 9.17) is 0 Å². The summed E-state index contributed by atoms with van der Waals surface area (Å²) >= 11 is 0. The topological polar surface area (TPSA) is 70.5 Å². The molecule has 102 valence electrons.